The standard InChI is InChI=1S/C20H25NO2/c22-15-19(23)14-21-13-7-12-20(16-21,17-8-3-1-4-9-17)18-10-5-2-6-11-18/h1-6,8-11,19,22-23H,7,12-16H2. The molecule has 23 heavy (non-hydrogen) atoms. The minimum atomic E-state index is -0.669. The largest absolute Gasteiger partial charge is 0.394 e. The summed E-state index contributed by atoms with van der Waals surface area (Å²) in [7, 11) is 0. The van der Waals surface area contributed by atoms with Crippen LogP contribution < -0.4 is 0 Å². The fraction of sp³-hybridized carbons (Fsp3) is 0.400. The molecule has 2 aromatic carbocycles. The second-order valence-corrected chi connectivity index (χ2v) is 6.49. The van der Waals surface area contributed by atoms with Crippen LogP contribution in [0, 0.1) is 0 Å². The maximum atomic E-state index is 9.83. The van der Waals surface area contributed by atoms with E-state index in [4.69, 9.17) is 5.11 Å². The Morgan fingerprint density at radius 1 is 0.957 bits per heavy atom. The molecule has 3 rings (SSSR count). The molecule has 0 aliphatic carbocycles. The number of rotatable bonds is 5. The van der Waals surface area contributed by atoms with Crippen LogP contribution in [-0.2, 0) is 5.41 Å². The van der Waals surface area contributed by atoms with E-state index in [0.717, 1.165) is 25.9 Å². The minimum Gasteiger partial charge on any atom is -0.394 e. The van der Waals surface area contributed by atoms with Crippen LogP contribution in [0.3, 0.4) is 0 Å². The Balaban J connectivity index is 1.96. The molecular formula is C20H25NO2. The van der Waals surface area contributed by atoms with Crippen LogP contribution in [0.4, 0.5) is 0 Å². The summed E-state index contributed by atoms with van der Waals surface area (Å²) in [6.07, 6.45) is 1.52. The van der Waals surface area contributed by atoms with Crippen molar-refractivity contribution in [1.29, 1.82) is 0 Å². The van der Waals surface area contributed by atoms with Crippen molar-refractivity contribution in [2.75, 3.05) is 26.2 Å². The lowest BCUT2D eigenvalue weighted by atomic mass is 9.69. The topological polar surface area (TPSA) is 43.7 Å². The molecule has 0 bridgehead atoms. The third-order valence-corrected chi connectivity index (χ3v) is 4.90. The van der Waals surface area contributed by atoms with Gasteiger partial charge in [0.2, 0.25) is 0 Å². The highest BCUT2D eigenvalue weighted by Crippen LogP contribution is 2.40. The number of hydrogen-bond donors (Lipinski definition) is 2. The van der Waals surface area contributed by atoms with E-state index in [-0.39, 0.29) is 12.0 Å². The molecule has 3 heteroatoms. The van der Waals surface area contributed by atoms with Crippen molar-refractivity contribution in [2.24, 2.45) is 0 Å². The van der Waals surface area contributed by atoms with Gasteiger partial charge in [0.25, 0.3) is 0 Å². The zero-order valence-corrected chi connectivity index (χ0v) is 13.4. The van der Waals surface area contributed by atoms with Crippen LogP contribution in [0.25, 0.3) is 0 Å². The summed E-state index contributed by atoms with van der Waals surface area (Å²) >= 11 is 0. The molecule has 1 fully saturated rings. The quantitative estimate of drug-likeness (QED) is 0.891. The normalized spacial score (nSPS) is 19.4. The highest BCUT2D eigenvalue weighted by Gasteiger charge is 2.38. The monoisotopic (exact) mass is 311 g/mol. The van der Waals surface area contributed by atoms with E-state index in [1.54, 1.807) is 0 Å². The smallest absolute Gasteiger partial charge is 0.0897 e. The van der Waals surface area contributed by atoms with E-state index in [1.165, 1.54) is 11.1 Å². The zero-order chi connectivity index (χ0) is 16.1. The predicted octanol–water partition coefficient (Wildman–Crippen LogP) is 2.42. The van der Waals surface area contributed by atoms with Crippen molar-refractivity contribution in [3.05, 3.63) is 71.8 Å². The van der Waals surface area contributed by atoms with Gasteiger partial charge in [0, 0.05) is 18.5 Å². The van der Waals surface area contributed by atoms with Crippen LogP contribution in [0.5, 0.6) is 0 Å². The van der Waals surface area contributed by atoms with Crippen LogP contribution >= 0.6 is 0 Å². The first-order valence-corrected chi connectivity index (χ1v) is 8.37. The molecule has 0 radical (unpaired) electrons. The van der Waals surface area contributed by atoms with Crippen LogP contribution in [0.1, 0.15) is 24.0 Å². The Hall–Kier alpha value is -1.68. The third-order valence-electron chi connectivity index (χ3n) is 4.90. The number of likely N-dealkylation sites (tertiary alicyclic amines) is 1. The average Bonchev–Trinajstić information content (AvgIpc) is 2.63. The fourth-order valence-electron chi connectivity index (χ4n) is 3.81. The zero-order valence-electron chi connectivity index (χ0n) is 13.4. The molecular weight excluding hydrogens is 286 g/mol. The molecule has 0 spiro atoms. The predicted molar refractivity (Wildman–Crippen MR) is 92.4 cm³/mol. The lowest BCUT2D eigenvalue weighted by molar-refractivity contribution is 0.0433. The molecule has 2 aromatic rings. The molecule has 1 unspecified atom stereocenters. The van der Waals surface area contributed by atoms with Gasteiger partial charge in [0.05, 0.1) is 12.7 Å². The van der Waals surface area contributed by atoms with Gasteiger partial charge in [-0.05, 0) is 30.5 Å². The Morgan fingerprint density at radius 3 is 2.04 bits per heavy atom. The molecule has 2 N–H and O–H groups in total. The van der Waals surface area contributed by atoms with Crippen molar-refractivity contribution < 1.29 is 10.2 Å². The number of benzene rings is 2. The molecule has 0 saturated carbocycles. The lowest BCUT2D eigenvalue weighted by Crippen LogP contribution is -2.49. The van der Waals surface area contributed by atoms with E-state index in [1.807, 2.05) is 0 Å². The second-order valence-electron chi connectivity index (χ2n) is 6.49. The number of piperidine rings is 1. The lowest BCUT2D eigenvalue weighted by Gasteiger charge is -2.44. The highest BCUT2D eigenvalue weighted by molar-refractivity contribution is 5.40. The minimum absolute atomic E-state index is 0.0457. The Bertz CT molecular complexity index is 560. The van der Waals surface area contributed by atoms with Crippen molar-refractivity contribution >= 4 is 0 Å². The second kappa shape index (κ2) is 7.26. The van der Waals surface area contributed by atoms with Gasteiger partial charge in [-0.1, -0.05) is 60.7 Å². The maximum absolute atomic E-state index is 9.83. The summed E-state index contributed by atoms with van der Waals surface area (Å²) in [6, 6.07) is 21.3. The maximum Gasteiger partial charge on any atom is 0.0897 e. The summed E-state index contributed by atoms with van der Waals surface area (Å²) in [6.45, 7) is 2.19. The third kappa shape index (κ3) is 3.47. The first kappa shape index (κ1) is 16.2. The Morgan fingerprint density at radius 2 is 1.52 bits per heavy atom. The molecule has 0 aromatic heterocycles. The van der Waals surface area contributed by atoms with Crippen molar-refractivity contribution in [1.82, 2.24) is 4.90 Å². The van der Waals surface area contributed by atoms with E-state index in [0.29, 0.717) is 6.54 Å². The number of aliphatic hydroxyl groups excluding tert-OH is 2. The molecule has 1 aliphatic rings. The first-order valence-electron chi connectivity index (χ1n) is 8.37. The molecule has 1 saturated heterocycles. The fourth-order valence-corrected chi connectivity index (χ4v) is 3.81. The Labute approximate surface area is 138 Å². The number of hydrogen-bond acceptors (Lipinski definition) is 3. The SMILES string of the molecule is OCC(O)CN1CCCC(c2ccccc2)(c2ccccc2)C1. The molecule has 122 valence electrons. The van der Waals surface area contributed by atoms with E-state index in [2.05, 4.69) is 65.6 Å². The van der Waals surface area contributed by atoms with Gasteiger partial charge in [0.15, 0.2) is 0 Å². The average molecular weight is 311 g/mol. The van der Waals surface area contributed by atoms with Crippen LogP contribution in [0.15, 0.2) is 60.7 Å². The number of β-amino-alcohol motifs (C(OH)–C–C–N with tert-alkyl or cyclic N) is 1. The van der Waals surface area contributed by atoms with Crippen LogP contribution in [0.2, 0.25) is 0 Å². The van der Waals surface area contributed by atoms with Gasteiger partial charge in [0.1, 0.15) is 0 Å². The van der Waals surface area contributed by atoms with Crippen LogP contribution in [-0.4, -0.2) is 47.5 Å². The summed E-state index contributed by atoms with van der Waals surface area (Å²) < 4.78 is 0. The van der Waals surface area contributed by atoms with E-state index in [9.17, 15) is 5.11 Å². The molecule has 1 atom stereocenters. The first-order chi connectivity index (χ1) is 11.2. The Kier molecular flexibility index (Phi) is 5.11. The number of nitrogens with zero attached hydrogens (tertiary/aromatic N) is 1. The van der Waals surface area contributed by atoms with Gasteiger partial charge >= 0.3 is 0 Å². The van der Waals surface area contributed by atoms with Crippen molar-refractivity contribution in [3.63, 3.8) is 0 Å². The summed E-state index contributed by atoms with van der Waals surface area (Å²) in [5.74, 6) is 0. The van der Waals surface area contributed by atoms with Crippen molar-refractivity contribution in [3.8, 4) is 0 Å². The van der Waals surface area contributed by atoms with Gasteiger partial charge in [-0.2, -0.15) is 0 Å². The van der Waals surface area contributed by atoms with Gasteiger partial charge < -0.3 is 10.2 Å². The molecule has 1 heterocycles. The summed E-state index contributed by atoms with van der Waals surface area (Å²) in [5.41, 5.74) is 2.61. The van der Waals surface area contributed by atoms with Gasteiger partial charge in [-0.25, -0.2) is 0 Å². The summed E-state index contributed by atoms with van der Waals surface area (Å²) in [4.78, 5) is 2.28. The molecule has 3 nitrogen and oxygen atoms in total. The van der Waals surface area contributed by atoms with Gasteiger partial charge in [-0.3, -0.25) is 4.90 Å². The highest BCUT2D eigenvalue weighted by atomic mass is 16.3. The van der Waals surface area contributed by atoms with Gasteiger partial charge in [-0.15, -0.1) is 0 Å². The van der Waals surface area contributed by atoms with Crippen molar-refractivity contribution in [2.45, 2.75) is 24.4 Å². The summed E-state index contributed by atoms with van der Waals surface area (Å²) in [5, 5.41) is 19.0. The molecule has 0 amide bonds. The van der Waals surface area contributed by atoms with E-state index < -0.39 is 6.10 Å². The molecule has 1 aliphatic heterocycles. The number of aliphatic hydroxyl groups is 2. The van der Waals surface area contributed by atoms with E-state index >= 15 is 0 Å².